The summed E-state index contributed by atoms with van der Waals surface area (Å²) in [5, 5.41) is 4.32. The molecule has 74 valence electrons. The van der Waals surface area contributed by atoms with Crippen LogP contribution in [-0.4, -0.2) is 17.6 Å². The number of nitrogens with one attached hydrogen (secondary N) is 1. The summed E-state index contributed by atoms with van der Waals surface area (Å²) in [6.45, 7) is 6.90. The molecule has 1 rings (SSSR count). The zero-order valence-electron chi connectivity index (χ0n) is 8.42. The maximum atomic E-state index is 5.59. The molecule has 3 N–H and O–H groups in total. The minimum atomic E-state index is 0.352. The second kappa shape index (κ2) is 4.58. The highest BCUT2D eigenvalue weighted by Gasteiger charge is 2.07. The molecular weight excluding hydrogens is 182 g/mol. The third kappa shape index (κ3) is 2.67. The predicted octanol–water partition coefficient (Wildman–Crippen LogP) is 1.91. The van der Waals surface area contributed by atoms with Crippen molar-refractivity contribution in [1.82, 2.24) is 4.98 Å². The second-order valence-electron chi connectivity index (χ2n) is 3.15. The van der Waals surface area contributed by atoms with E-state index in [2.05, 4.69) is 24.1 Å². The second-order valence-corrected chi connectivity index (χ2v) is 4.35. The van der Waals surface area contributed by atoms with Crippen molar-refractivity contribution in [2.45, 2.75) is 33.2 Å². The molecule has 0 spiro atoms. The molecule has 0 aromatic carbocycles. The van der Waals surface area contributed by atoms with Gasteiger partial charge in [-0.2, -0.15) is 0 Å². The Bertz CT molecular complexity index is 246. The number of hydrogen-bond acceptors (Lipinski definition) is 4. The van der Waals surface area contributed by atoms with Crippen LogP contribution in [0, 0.1) is 13.8 Å². The topological polar surface area (TPSA) is 50.9 Å². The van der Waals surface area contributed by atoms with E-state index in [1.54, 1.807) is 11.3 Å². The van der Waals surface area contributed by atoms with E-state index in [-0.39, 0.29) is 0 Å². The molecule has 0 fully saturated rings. The van der Waals surface area contributed by atoms with E-state index in [1.165, 1.54) is 4.88 Å². The Morgan fingerprint density at radius 2 is 2.23 bits per heavy atom. The molecular formula is C9H17N3S. The average Bonchev–Trinajstić information content (AvgIpc) is 2.42. The maximum absolute atomic E-state index is 5.59. The van der Waals surface area contributed by atoms with Crippen LogP contribution in [0.3, 0.4) is 0 Å². The lowest BCUT2D eigenvalue weighted by Crippen LogP contribution is -2.27. The summed E-state index contributed by atoms with van der Waals surface area (Å²) in [5.74, 6) is 0. The van der Waals surface area contributed by atoms with E-state index < -0.39 is 0 Å². The fourth-order valence-electron chi connectivity index (χ4n) is 1.04. The molecule has 0 amide bonds. The quantitative estimate of drug-likeness (QED) is 0.779. The van der Waals surface area contributed by atoms with Crippen molar-refractivity contribution in [2.75, 3.05) is 11.9 Å². The van der Waals surface area contributed by atoms with Gasteiger partial charge < -0.3 is 11.1 Å². The number of thiazole rings is 1. The summed E-state index contributed by atoms with van der Waals surface area (Å²) in [4.78, 5) is 5.67. The monoisotopic (exact) mass is 199 g/mol. The lowest BCUT2D eigenvalue weighted by molar-refractivity contribution is 0.702. The number of anilines is 1. The van der Waals surface area contributed by atoms with Crippen LogP contribution in [0.25, 0.3) is 0 Å². The van der Waals surface area contributed by atoms with Gasteiger partial charge >= 0.3 is 0 Å². The Morgan fingerprint density at radius 3 is 2.62 bits per heavy atom. The van der Waals surface area contributed by atoms with Gasteiger partial charge in [-0.3, -0.25) is 0 Å². The molecule has 0 saturated heterocycles. The number of rotatable bonds is 4. The van der Waals surface area contributed by atoms with Crippen molar-refractivity contribution in [3.63, 3.8) is 0 Å². The maximum Gasteiger partial charge on any atom is 0.183 e. The van der Waals surface area contributed by atoms with Gasteiger partial charge in [0.2, 0.25) is 0 Å². The van der Waals surface area contributed by atoms with E-state index in [1.807, 2.05) is 6.92 Å². The molecule has 1 aromatic rings. The van der Waals surface area contributed by atoms with Crippen molar-refractivity contribution < 1.29 is 0 Å². The normalized spacial score (nSPS) is 12.9. The fraction of sp³-hybridized carbons (Fsp3) is 0.667. The Labute approximate surface area is 83.4 Å². The lowest BCUT2D eigenvalue weighted by Gasteiger charge is -2.12. The van der Waals surface area contributed by atoms with Crippen molar-refractivity contribution >= 4 is 16.5 Å². The van der Waals surface area contributed by atoms with E-state index in [9.17, 15) is 0 Å². The Kier molecular flexibility index (Phi) is 3.69. The van der Waals surface area contributed by atoms with Gasteiger partial charge in [-0.05, 0) is 20.3 Å². The smallest absolute Gasteiger partial charge is 0.183 e. The lowest BCUT2D eigenvalue weighted by atomic mass is 10.2. The van der Waals surface area contributed by atoms with Crippen molar-refractivity contribution in [2.24, 2.45) is 5.73 Å². The molecule has 4 heteroatoms. The average molecular weight is 199 g/mol. The van der Waals surface area contributed by atoms with Crippen LogP contribution in [0.1, 0.15) is 23.9 Å². The first-order valence-corrected chi connectivity index (χ1v) is 5.39. The van der Waals surface area contributed by atoms with Crippen LogP contribution in [0.15, 0.2) is 0 Å². The Morgan fingerprint density at radius 1 is 1.54 bits per heavy atom. The van der Waals surface area contributed by atoms with Crippen LogP contribution >= 0.6 is 11.3 Å². The number of nitrogens with zero attached hydrogens (tertiary/aromatic N) is 1. The van der Waals surface area contributed by atoms with Crippen LogP contribution in [0.2, 0.25) is 0 Å². The zero-order valence-corrected chi connectivity index (χ0v) is 9.24. The molecule has 1 aromatic heterocycles. The minimum absolute atomic E-state index is 0.352. The predicted molar refractivity (Wildman–Crippen MR) is 58.3 cm³/mol. The van der Waals surface area contributed by atoms with Gasteiger partial charge in [-0.25, -0.2) is 4.98 Å². The van der Waals surface area contributed by atoms with Gasteiger partial charge in [-0.1, -0.05) is 6.92 Å². The van der Waals surface area contributed by atoms with Gasteiger partial charge in [-0.15, -0.1) is 11.3 Å². The first-order chi connectivity index (χ1) is 6.17. The molecule has 3 nitrogen and oxygen atoms in total. The Balaban J connectivity index is 2.62. The summed E-state index contributed by atoms with van der Waals surface area (Å²) >= 11 is 1.70. The third-order valence-corrected chi connectivity index (χ3v) is 3.14. The first-order valence-electron chi connectivity index (χ1n) is 4.58. The molecule has 0 aliphatic carbocycles. The zero-order chi connectivity index (χ0) is 9.84. The van der Waals surface area contributed by atoms with Crippen molar-refractivity contribution in [1.29, 1.82) is 0 Å². The number of aryl methyl sites for hydroxylation is 2. The van der Waals surface area contributed by atoms with Crippen LogP contribution in [-0.2, 0) is 0 Å². The molecule has 0 saturated carbocycles. The summed E-state index contributed by atoms with van der Waals surface area (Å²) in [6.07, 6.45) is 1.04. The summed E-state index contributed by atoms with van der Waals surface area (Å²) in [7, 11) is 0. The molecule has 0 bridgehead atoms. The standard InChI is InChI=1S/C9H17N3S/c1-4-8(5-10)12-9-11-6(2)7(3)13-9/h8H,4-5,10H2,1-3H3,(H,11,12). The van der Waals surface area contributed by atoms with Gasteiger partial charge in [0.25, 0.3) is 0 Å². The van der Waals surface area contributed by atoms with Crippen molar-refractivity contribution in [3.05, 3.63) is 10.6 Å². The minimum Gasteiger partial charge on any atom is -0.358 e. The molecule has 1 unspecified atom stereocenters. The summed E-state index contributed by atoms with van der Waals surface area (Å²) in [5.41, 5.74) is 6.70. The highest BCUT2D eigenvalue weighted by Crippen LogP contribution is 2.21. The first kappa shape index (κ1) is 10.5. The highest BCUT2D eigenvalue weighted by molar-refractivity contribution is 7.15. The summed E-state index contributed by atoms with van der Waals surface area (Å²) in [6, 6.07) is 0.352. The summed E-state index contributed by atoms with van der Waals surface area (Å²) < 4.78 is 0. The van der Waals surface area contributed by atoms with E-state index in [4.69, 9.17) is 5.73 Å². The molecule has 13 heavy (non-hydrogen) atoms. The molecule has 0 radical (unpaired) electrons. The number of nitrogens with two attached hydrogens (primary N) is 1. The van der Waals surface area contributed by atoms with E-state index >= 15 is 0 Å². The third-order valence-electron chi connectivity index (χ3n) is 2.13. The fourth-order valence-corrected chi connectivity index (χ4v) is 1.93. The van der Waals surface area contributed by atoms with E-state index in [0.29, 0.717) is 12.6 Å². The SMILES string of the molecule is CCC(CN)Nc1nc(C)c(C)s1. The largest absolute Gasteiger partial charge is 0.358 e. The van der Waals surface area contributed by atoms with Gasteiger partial charge in [0.15, 0.2) is 5.13 Å². The highest BCUT2D eigenvalue weighted by atomic mass is 32.1. The van der Waals surface area contributed by atoms with Gasteiger partial charge in [0.1, 0.15) is 0 Å². The number of aromatic nitrogens is 1. The van der Waals surface area contributed by atoms with Crippen LogP contribution in [0.5, 0.6) is 0 Å². The molecule has 1 atom stereocenters. The molecule has 1 heterocycles. The van der Waals surface area contributed by atoms with Crippen molar-refractivity contribution in [3.8, 4) is 0 Å². The number of hydrogen-bond donors (Lipinski definition) is 2. The molecule has 0 aliphatic rings. The van der Waals surface area contributed by atoms with E-state index in [0.717, 1.165) is 17.2 Å². The Hall–Kier alpha value is -0.610. The van der Waals surface area contributed by atoms with Gasteiger partial charge in [0.05, 0.1) is 5.69 Å². The van der Waals surface area contributed by atoms with Gasteiger partial charge in [0, 0.05) is 17.5 Å². The van der Waals surface area contributed by atoms with Crippen LogP contribution < -0.4 is 11.1 Å². The molecule has 0 aliphatic heterocycles. The van der Waals surface area contributed by atoms with Crippen LogP contribution in [0.4, 0.5) is 5.13 Å².